The van der Waals surface area contributed by atoms with Crippen molar-refractivity contribution in [3.8, 4) is 11.8 Å². The summed E-state index contributed by atoms with van der Waals surface area (Å²) >= 11 is 0. The first-order valence-electron chi connectivity index (χ1n) is 7.02. The Bertz CT molecular complexity index is 305. The summed E-state index contributed by atoms with van der Waals surface area (Å²) in [4.78, 5) is 11.3. The Morgan fingerprint density at radius 1 is 1.11 bits per heavy atom. The molecule has 2 heteroatoms. The van der Waals surface area contributed by atoms with E-state index in [9.17, 15) is 4.79 Å². The average molecular weight is 250 g/mol. The molecule has 0 aliphatic carbocycles. The first kappa shape index (κ1) is 16.8. The zero-order valence-corrected chi connectivity index (χ0v) is 12.1. The molecule has 0 aromatic carbocycles. The molecule has 0 unspecified atom stereocenters. The van der Waals surface area contributed by atoms with Crippen molar-refractivity contribution in [2.24, 2.45) is 0 Å². The highest BCUT2D eigenvalue weighted by atomic mass is 16.5. The van der Waals surface area contributed by atoms with E-state index in [1.807, 2.05) is 13.0 Å². The van der Waals surface area contributed by atoms with Gasteiger partial charge in [0.15, 0.2) is 0 Å². The fourth-order valence-electron chi connectivity index (χ4n) is 1.48. The molecule has 0 heterocycles. The standard InChI is InChI=1S/C16H26O2/c1-4-6-7-8-9-10-11-12-13-14-15(3)16(17)18-5-2/h14H,4-8,11-13H2,1-3H3/b15-14+. The summed E-state index contributed by atoms with van der Waals surface area (Å²) < 4.78 is 4.90. The maximum absolute atomic E-state index is 11.3. The van der Waals surface area contributed by atoms with Crippen molar-refractivity contribution in [3.05, 3.63) is 11.6 Å². The van der Waals surface area contributed by atoms with E-state index in [4.69, 9.17) is 4.74 Å². The fraction of sp³-hybridized carbons (Fsp3) is 0.688. The number of rotatable bonds is 8. The molecule has 0 saturated heterocycles. The molecule has 0 spiro atoms. The lowest BCUT2D eigenvalue weighted by Crippen LogP contribution is -2.04. The molecular formula is C16H26O2. The van der Waals surface area contributed by atoms with Crippen LogP contribution in [0.2, 0.25) is 0 Å². The van der Waals surface area contributed by atoms with Crippen molar-refractivity contribution in [1.29, 1.82) is 0 Å². The molecule has 0 atom stereocenters. The SMILES string of the molecule is CCCCCC#CCCC/C=C(\C)C(=O)OCC. The van der Waals surface area contributed by atoms with Crippen LogP contribution in [-0.4, -0.2) is 12.6 Å². The van der Waals surface area contributed by atoms with E-state index in [1.54, 1.807) is 6.92 Å². The van der Waals surface area contributed by atoms with Crippen LogP contribution in [0, 0.1) is 11.8 Å². The molecule has 0 saturated carbocycles. The van der Waals surface area contributed by atoms with Crippen LogP contribution in [0.15, 0.2) is 11.6 Å². The second kappa shape index (κ2) is 12.2. The summed E-state index contributed by atoms with van der Waals surface area (Å²) in [6.07, 6.45) is 9.52. The number of hydrogen-bond donors (Lipinski definition) is 0. The van der Waals surface area contributed by atoms with Gasteiger partial charge in [0, 0.05) is 18.4 Å². The summed E-state index contributed by atoms with van der Waals surface area (Å²) in [5.41, 5.74) is 0.702. The number of carbonyl (C=O) groups is 1. The second-order valence-corrected chi connectivity index (χ2v) is 4.31. The number of hydrogen-bond acceptors (Lipinski definition) is 2. The van der Waals surface area contributed by atoms with E-state index in [0.717, 1.165) is 25.7 Å². The minimum absolute atomic E-state index is 0.205. The quantitative estimate of drug-likeness (QED) is 0.278. The van der Waals surface area contributed by atoms with Gasteiger partial charge >= 0.3 is 5.97 Å². The minimum atomic E-state index is -0.205. The molecule has 0 aromatic rings. The first-order valence-corrected chi connectivity index (χ1v) is 7.02. The van der Waals surface area contributed by atoms with Crippen LogP contribution in [0.5, 0.6) is 0 Å². The monoisotopic (exact) mass is 250 g/mol. The normalized spacial score (nSPS) is 10.7. The van der Waals surface area contributed by atoms with Gasteiger partial charge in [-0.2, -0.15) is 0 Å². The van der Waals surface area contributed by atoms with Gasteiger partial charge in [-0.1, -0.05) is 25.8 Å². The van der Waals surface area contributed by atoms with E-state index in [-0.39, 0.29) is 5.97 Å². The summed E-state index contributed by atoms with van der Waals surface area (Å²) in [6, 6.07) is 0. The molecule has 102 valence electrons. The van der Waals surface area contributed by atoms with Crippen molar-refractivity contribution in [2.75, 3.05) is 6.61 Å². The number of unbranched alkanes of at least 4 members (excludes halogenated alkanes) is 5. The number of carbonyl (C=O) groups excluding carboxylic acids is 1. The Labute approximate surface area is 112 Å². The predicted molar refractivity (Wildman–Crippen MR) is 76.2 cm³/mol. The molecular weight excluding hydrogens is 224 g/mol. The summed E-state index contributed by atoms with van der Waals surface area (Å²) in [5.74, 6) is 6.16. The van der Waals surface area contributed by atoms with Crippen LogP contribution in [0.4, 0.5) is 0 Å². The molecule has 0 aliphatic heterocycles. The van der Waals surface area contributed by atoms with Crippen LogP contribution >= 0.6 is 0 Å². The average Bonchev–Trinajstić information content (AvgIpc) is 2.36. The third-order valence-electron chi connectivity index (χ3n) is 2.58. The molecule has 0 N–H and O–H groups in total. The molecule has 0 radical (unpaired) electrons. The van der Waals surface area contributed by atoms with Crippen LogP contribution in [0.25, 0.3) is 0 Å². The van der Waals surface area contributed by atoms with Gasteiger partial charge in [0.1, 0.15) is 0 Å². The number of allylic oxidation sites excluding steroid dienone is 1. The summed E-state index contributed by atoms with van der Waals surface area (Å²) in [6.45, 7) is 6.26. The molecule has 0 bridgehead atoms. The molecule has 0 aromatic heterocycles. The Balaban J connectivity index is 3.60. The molecule has 0 amide bonds. The third kappa shape index (κ3) is 9.96. The van der Waals surface area contributed by atoms with Gasteiger partial charge < -0.3 is 4.74 Å². The zero-order valence-electron chi connectivity index (χ0n) is 12.1. The van der Waals surface area contributed by atoms with Crippen LogP contribution in [-0.2, 0) is 9.53 Å². The minimum Gasteiger partial charge on any atom is -0.463 e. The lowest BCUT2D eigenvalue weighted by Gasteiger charge is -2.00. The van der Waals surface area contributed by atoms with Gasteiger partial charge in [-0.05, 0) is 33.1 Å². The third-order valence-corrected chi connectivity index (χ3v) is 2.58. The second-order valence-electron chi connectivity index (χ2n) is 4.31. The Hall–Kier alpha value is -1.23. The molecule has 0 aliphatic rings. The zero-order chi connectivity index (χ0) is 13.6. The molecule has 0 fully saturated rings. The fourth-order valence-corrected chi connectivity index (χ4v) is 1.48. The van der Waals surface area contributed by atoms with E-state index in [2.05, 4.69) is 18.8 Å². The lowest BCUT2D eigenvalue weighted by atomic mass is 10.1. The van der Waals surface area contributed by atoms with Crippen LogP contribution < -0.4 is 0 Å². The van der Waals surface area contributed by atoms with Gasteiger partial charge in [0.05, 0.1) is 6.61 Å². The van der Waals surface area contributed by atoms with Crippen LogP contribution in [0.1, 0.15) is 65.7 Å². The van der Waals surface area contributed by atoms with Crippen molar-refractivity contribution >= 4 is 5.97 Å². The number of ether oxygens (including phenoxy) is 1. The van der Waals surface area contributed by atoms with Gasteiger partial charge in [0.2, 0.25) is 0 Å². The maximum atomic E-state index is 11.3. The highest BCUT2D eigenvalue weighted by Crippen LogP contribution is 2.03. The van der Waals surface area contributed by atoms with Crippen LogP contribution in [0.3, 0.4) is 0 Å². The van der Waals surface area contributed by atoms with E-state index in [1.165, 1.54) is 19.3 Å². The smallest absolute Gasteiger partial charge is 0.333 e. The first-order chi connectivity index (χ1) is 8.72. The van der Waals surface area contributed by atoms with Gasteiger partial charge in [-0.15, -0.1) is 11.8 Å². The summed E-state index contributed by atoms with van der Waals surface area (Å²) in [7, 11) is 0. The Morgan fingerprint density at radius 2 is 1.78 bits per heavy atom. The van der Waals surface area contributed by atoms with Gasteiger partial charge in [0.25, 0.3) is 0 Å². The molecule has 18 heavy (non-hydrogen) atoms. The van der Waals surface area contributed by atoms with E-state index in [0.29, 0.717) is 12.2 Å². The summed E-state index contributed by atoms with van der Waals surface area (Å²) in [5, 5.41) is 0. The Morgan fingerprint density at radius 3 is 2.39 bits per heavy atom. The largest absolute Gasteiger partial charge is 0.463 e. The van der Waals surface area contributed by atoms with Gasteiger partial charge in [-0.3, -0.25) is 0 Å². The number of esters is 1. The van der Waals surface area contributed by atoms with E-state index < -0.39 is 0 Å². The van der Waals surface area contributed by atoms with Crippen molar-refractivity contribution in [2.45, 2.75) is 65.7 Å². The highest BCUT2D eigenvalue weighted by molar-refractivity contribution is 5.87. The van der Waals surface area contributed by atoms with Crippen molar-refractivity contribution in [3.63, 3.8) is 0 Å². The highest BCUT2D eigenvalue weighted by Gasteiger charge is 2.02. The Kier molecular flexibility index (Phi) is 11.4. The van der Waals surface area contributed by atoms with Gasteiger partial charge in [-0.25, -0.2) is 4.79 Å². The molecule has 0 rings (SSSR count). The molecule has 2 nitrogen and oxygen atoms in total. The van der Waals surface area contributed by atoms with Crippen molar-refractivity contribution in [1.82, 2.24) is 0 Å². The topological polar surface area (TPSA) is 26.3 Å². The lowest BCUT2D eigenvalue weighted by molar-refractivity contribution is -0.138. The van der Waals surface area contributed by atoms with E-state index >= 15 is 0 Å². The predicted octanol–water partition coefficient (Wildman–Crippen LogP) is 4.25. The van der Waals surface area contributed by atoms with Crippen molar-refractivity contribution < 1.29 is 9.53 Å². The maximum Gasteiger partial charge on any atom is 0.333 e.